The molecule has 0 spiro atoms. The first-order valence-electron chi connectivity index (χ1n) is 7.46. The molecular weight excluding hydrogens is 313 g/mol. The lowest BCUT2D eigenvalue weighted by Crippen LogP contribution is -3.08. The third-order valence-corrected chi connectivity index (χ3v) is 3.51. The van der Waals surface area contributed by atoms with E-state index in [-0.39, 0.29) is 29.6 Å². The quantitative estimate of drug-likeness (QED) is 0.624. The Kier molecular flexibility index (Phi) is 5.59. The van der Waals surface area contributed by atoms with Gasteiger partial charge in [0, 0.05) is 11.6 Å². The van der Waals surface area contributed by atoms with E-state index in [0.717, 1.165) is 16.0 Å². The van der Waals surface area contributed by atoms with Gasteiger partial charge in [-0.2, -0.15) is 0 Å². The molecule has 2 aromatic rings. The molecule has 0 aliphatic carbocycles. The molecule has 2 aromatic carbocycles. The number of quaternary nitrogens is 1. The summed E-state index contributed by atoms with van der Waals surface area (Å²) in [6, 6.07) is 10.7. The number of halogens is 1. The second-order valence-corrected chi connectivity index (χ2v) is 5.76. The van der Waals surface area contributed by atoms with E-state index in [1.807, 2.05) is 7.05 Å². The number of nitro groups is 1. The Morgan fingerprint density at radius 3 is 2.54 bits per heavy atom. The maximum Gasteiger partial charge on any atom is 0.293 e. The maximum absolute atomic E-state index is 12.9. The normalized spacial score (nSPS) is 11.8. The molecule has 6 nitrogen and oxygen atoms in total. The van der Waals surface area contributed by atoms with Gasteiger partial charge in [-0.05, 0) is 30.7 Å². The Morgan fingerprint density at radius 1 is 1.25 bits per heavy atom. The van der Waals surface area contributed by atoms with Crippen molar-refractivity contribution in [3.05, 3.63) is 69.5 Å². The predicted octanol–water partition coefficient (Wildman–Crippen LogP) is 1.70. The summed E-state index contributed by atoms with van der Waals surface area (Å²) in [6.07, 6.45) is 0. The van der Waals surface area contributed by atoms with Crippen molar-refractivity contribution in [3.8, 4) is 0 Å². The van der Waals surface area contributed by atoms with Gasteiger partial charge in [-0.1, -0.05) is 18.2 Å². The summed E-state index contributed by atoms with van der Waals surface area (Å²) in [5.74, 6) is -0.623. The highest BCUT2D eigenvalue weighted by molar-refractivity contribution is 5.93. The largest absolute Gasteiger partial charge is 0.326 e. The van der Waals surface area contributed by atoms with Crippen molar-refractivity contribution >= 4 is 17.3 Å². The van der Waals surface area contributed by atoms with Gasteiger partial charge < -0.3 is 10.2 Å². The second kappa shape index (κ2) is 7.65. The van der Waals surface area contributed by atoms with Gasteiger partial charge in [-0.3, -0.25) is 14.9 Å². The van der Waals surface area contributed by atoms with Gasteiger partial charge in [0.1, 0.15) is 18.0 Å². The summed E-state index contributed by atoms with van der Waals surface area (Å²) in [4.78, 5) is 23.5. The molecule has 0 saturated heterocycles. The minimum absolute atomic E-state index is 0.125. The number of nitrogens with zero attached hydrogens (tertiary/aromatic N) is 1. The zero-order valence-corrected chi connectivity index (χ0v) is 13.5. The Bertz CT molecular complexity index is 747. The first-order chi connectivity index (χ1) is 11.3. The van der Waals surface area contributed by atoms with E-state index in [1.54, 1.807) is 25.1 Å². The van der Waals surface area contributed by atoms with Crippen molar-refractivity contribution in [1.29, 1.82) is 0 Å². The fourth-order valence-corrected chi connectivity index (χ4v) is 2.38. The molecule has 1 amide bonds. The fraction of sp³-hybridized carbons (Fsp3) is 0.235. The predicted molar refractivity (Wildman–Crippen MR) is 88.3 cm³/mol. The van der Waals surface area contributed by atoms with Gasteiger partial charge in [0.15, 0.2) is 6.54 Å². The lowest BCUT2D eigenvalue weighted by Gasteiger charge is -2.14. The van der Waals surface area contributed by atoms with Crippen LogP contribution in [0.4, 0.5) is 15.8 Å². The molecule has 7 heteroatoms. The van der Waals surface area contributed by atoms with Gasteiger partial charge in [-0.25, -0.2) is 4.39 Å². The summed E-state index contributed by atoms with van der Waals surface area (Å²) in [6.45, 7) is 2.44. The molecule has 0 radical (unpaired) electrons. The highest BCUT2D eigenvalue weighted by atomic mass is 19.1. The number of hydrogen-bond acceptors (Lipinski definition) is 3. The Morgan fingerprint density at radius 2 is 1.92 bits per heavy atom. The molecule has 126 valence electrons. The molecule has 0 aromatic heterocycles. The third kappa shape index (κ3) is 4.85. The summed E-state index contributed by atoms with van der Waals surface area (Å²) < 4.78 is 12.9. The Balaban J connectivity index is 1.98. The van der Waals surface area contributed by atoms with Crippen LogP contribution in [0.15, 0.2) is 42.5 Å². The van der Waals surface area contributed by atoms with E-state index >= 15 is 0 Å². The lowest BCUT2D eigenvalue weighted by molar-refractivity contribution is -0.885. The van der Waals surface area contributed by atoms with E-state index in [0.29, 0.717) is 6.54 Å². The van der Waals surface area contributed by atoms with Crippen LogP contribution in [0.25, 0.3) is 0 Å². The maximum atomic E-state index is 12.9. The topological polar surface area (TPSA) is 76.7 Å². The van der Waals surface area contributed by atoms with Crippen molar-refractivity contribution < 1.29 is 19.0 Å². The molecular formula is C17H19FN3O3+. The summed E-state index contributed by atoms with van der Waals surface area (Å²) in [5, 5.41) is 13.6. The zero-order valence-electron chi connectivity index (χ0n) is 13.5. The van der Waals surface area contributed by atoms with Crippen LogP contribution < -0.4 is 10.2 Å². The van der Waals surface area contributed by atoms with Crippen molar-refractivity contribution in [1.82, 2.24) is 0 Å². The Hall–Kier alpha value is -2.80. The lowest BCUT2D eigenvalue weighted by atomic mass is 10.2. The van der Waals surface area contributed by atoms with E-state index in [4.69, 9.17) is 0 Å². The van der Waals surface area contributed by atoms with Crippen molar-refractivity contribution in [2.24, 2.45) is 0 Å². The van der Waals surface area contributed by atoms with Gasteiger partial charge in [-0.15, -0.1) is 0 Å². The summed E-state index contributed by atoms with van der Waals surface area (Å²) in [5.41, 5.74) is 1.71. The molecule has 24 heavy (non-hydrogen) atoms. The first kappa shape index (κ1) is 17.6. The molecule has 0 saturated carbocycles. The number of rotatable bonds is 6. The third-order valence-electron chi connectivity index (χ3n) is 3.51. The van der Waals surface area contributed by atoms with Crippen molar-refractivity contribution in [2.75, 3.05) is 18.9 Å². The molecule has 2 N–H and O–H groups in total. The second-order valence-electron chi connectivity index (χ2n) is 5.76. The fourth-order valence-electron chi connectivity index (χ4n) is 2.38. The molecule has 1 unspecified atom stereocenters. The van der Waals surface area contributed by atoms with Crippen molar-refractivity contribution in [3.63, 3.8) is 0 Å². The smallest absolute Gasteiger partial charge is 0.293 e. The van der Waals surface area contributed by atoms with Crippen LogP contribution in [0.2, 0.25) is 0 Å². The van der Waals surface area contributed by atoms with E-state index < -0.39 is 4.92 Å². The van der Waals surface area contributed by atoms with Gasteiger partial charge >= 0.3 is 0 Å². The number of anilines is 1. The van der Waals surface area contributed by atoms with E-state index in [1.165, 1.54) is 24.3 Å². The SMILES string of the molecule is Cc1ccc(NC(=O)C[NH+](C)Cc2ccc(F)cc2)c([N+](=O)[O-])c1. The molecule has 0 heterocycles. The van der Waals surface area contributed by atoms with Crippen LogP contribution in [0, 0.1) is 22.9 Å². The number of aryl methyl sites for hydroxylation is 1. The number of likely N-dealkylation sites (N-methyl/N-ethyl adjacent to an activating group) is 1. The Labute approximate surface area is 139 Å². The number of carbonyl (C=O) groups excluding carboxylic acids is 1. The van der Waals surface area contributed by atoms with Crippen LogP contribution >= 0.6 is 0 Å². The highest BCUT2D eigenvalue weighted by Crippen LogP contribution is 2.24. The van der Waals surface area contributed by atoms with Gasteiger partial charge in [0.05, 0.1) is 12.0 Å². The molecule has 2 rings (SSSR count). The average Bonchev–Trinajstić information content (AvgIpc) is 2.51. The molecule has 1 atom stereocenters. The zero-order chi connectivity index (χ0) is 17.7. The molecule has 0 fully saturated rings. The van der Waals surface area contributed by atoms with Crippen LogP contribution in [0.5, 0.6) is 0 Å². The summed E-state index contributed by atoms with van der Waals surface area (Å²) in [7, 11) is 1.83. The number of benzene rings is 2. The standard InChI is InChI=1S/C17H18FN3O3/c1-12-3-8-15(16(9-12)21(23)24)19-17(22)11-20(2)10-13-4-6-14(18)7-5-13/h3-9H,10-11H2,1-2H3,(H,19,22)/p+1. The summed E-state index contributed by atoms with van der Waals surface area (Å²) >= 11 is 0. The van der Waals surface area contributed by atoms with E-state index in [2.05, 4.69) is 5.32 Å². The average molecular weight is 332 g/mol. The monoisotopic (exact) mass is 332 g/mol. The first-order valence-corrected chi connectivity index (χ1v) is 7.46. The minimum Gasteiger partial charge on any atom is -0.326 e. The van der Waals surface area contributed by atoms with Crippen molar-refractivity contribution in [2.45, 2.75) is 13.5 Å². The van der Waals surface area contributed by atoms with Gasteiger partial charge in [0.25, 0.3) is 11.6 Å². The van der Waals surface area contributed by atoms with Crippen LogP contribution in [-0.4, -0.2) is 24.4 Å². The van der Waals surface area contributed by atoms with Crippen LogP contribution in [0.1, 0.15) is 11.1 Å². The highest BCUT2D eigenvalue weighted by Gasteiger charge is 2.18. The van der Waals surface area contributed by atoms with Crippen LogP contribution in [0.3, 0.4) is 0 Å². The molecule has 0 aliphatic rings. The molecule has 0 aliphatic heterocycles. The minimum atomic E-state index is -0.516. The number of nitro benzene ring substituents is 1. The van der Waals surface area contributed by atoms with E-state index in [9.17, 15) is 19.3 Å². The number of amides is 1. The molecule has 0 bridgehead atoms. The number of hydrogen-bond donors (Lipinski definition) is 2. The van der Waals surface area contributed by atoms with Crippen LogP contribution in [-0.2, 0) is 11.3 Å². The van der Waals surface area contributed by atoms with Gasteiger partial charge in [0.2, 0.25) is 0 Å². The number of carbonyl (C=O) groups is 1. The number of nitrogens with one attached hydrogen (secondary N) is 2.